The molecule has 0 aliphatic carbocycles. The molecule has 1 N–H and O–H groups in total. The van der Waals surface area contributed by atoms with Gasteiger partial charge in [-0.25, -0.2) is 0 Å². The summed E-state index contributed by atoms with van der Waals surface area (Å²) in [5, 5.41) is 15.5. The molecule has 1 aromatic carbocycles. The molecule has 3 atom stereocenters. The Balaban J connectivity index is 1.53. The standard InChI is InChI=1S/C23H22N4O4S/c28-27(29)18-9-2-1-7-16(18)19-10-11-20(31-19)22-21(17-8-3-4-12-24-17)25-23(32)26(22)14-15-6-5-13-30-15/h1-4,7-12,15,21-22H,5-6,13-14H2,(H,25,32)/t15-,21-,22+/m0/s1. The highest BCUT2D eigenvalue weighted by Gasteiger charge is 2.43. The number of hydrogen-bond donors (Lipinski definition) is 1. The summed E-state index contributed by atoms with van der Waals surface area (Å²) in [6.07, 6.45) is 3.88. The van der Waals surface area contributed by atoms with Crippen molar-refractivity contribution in [3.8, 4) is 11.3 Å². The van der Waals surface area contributed by atoms with Crippen molar-refractivity contribution in [2.24, 2.45) is 0 Å². The first-order valence-corrected chi connectivity index (χ1v) is 11.0. The predicted octanol–water partition coefficient (Wildman–Crippen LogP) is 4.40. The van der Waals surface area contributed by atoms with E-state index in [0.29, 0.717) is 28.7 Å². The van der Waals surface area contributed by atoms with Crippen LogP contribution in [-0.2, 0) is 4.74 Å². The first-order valence-electron chi connectivity index (χ1n) is 10.5. The highest BCUT2D eigenvalue weighted by molar-refractivity contribution is 7.80. The van der Waals surface area contributed by atoms with E-state index >= 15 is 0 Å². The van der Waals surface area contributed by atoms with Crippen LogP contribution in [-0.4, -0.2) is 39.2 Å². The Kier molecular flexibility index (Phi) is 5.59. The third-order valence-corrected chi connectivity index (χ3v) is 6.26. The molecule has 32 heavy (non-hydrogen) atoms. The molecule has 2 aliphatic heterocycles. The van der Waals surface area contributed by atoms with Crippen LogP contribution >= 0.6 is 12.2 Å². The number of thiocarbonyl (C=S) groups is 1. The van der Waals surface area contributed by atoms with Crippen LogP contribution in [0.25, 0.3) is 11.3 Å². The van der Waals surface area contributed by atoms with Gasteiger partial charge in [-0.2, -0.15) is 0 Å². The molecule has 4 heterocycles. The number of nitrogens with zero attached hydrogens (tertiary/aromatic N) is 3. The zero-order chi connectivity index (χ0) is 22.1. The molecule has 0 spiro atoms. The SMILES string of the molecule is O=[N+]([O-])c1ccccc1-c1ccc([C@@H]2[C@H](c3ccccn3)NC(=S)N2C[C@@H]2CCCO2)o1. The number of nitro benzene ring substituents is 1. The number of aromatic nitrogens is 1. The summed E-state index contributed by atoms with van der Waals surface area (Å²) >= 11 is 5.68. The number of ether oxygens (including phenoxy) is 1. The molecule has 2 fully saturated rings. The zero-order valence-corrected chi connectivity index (χ0v) is 18.0. The molecule has 0 radical (unpaired) electrons. The second-order valence-electron chi connectivity index (χ2n) is 7.89. The van der Waals surface area contributed by atoms with E-state index in [1.54, 1.807) is 30.5 Å². The van der Waals surface area contributed by atoms with Crippen LogP contribution in [0.3, 0.4) is 0 Å². The maximum absolute atomic E-state index is 11.5. The summed E-state index contributed by atoms with van der Waals surface area (Å²) in [5.41, 5.74) is 1.29. The lowest BCUT2D eigenvalue weighted by Crippen LogP contribution is -2.36. The number of rotatable bonds is 6. The molecule has 164 valence electrons. The zero-order valence-electron chi connectivity index (χ0n) is 17.2. The van der Waals surface area contributed by atoms with Gasteiger partial charge in [0.25, 0.3) is 5.69 Å². The van der Waals surface area contributed by atoms with Gasteiger partial charge in [-0.1, -0.05) is 18.2 Å². The van der Waals surface area contributed by atoms with Crippen molar-refractivity contribution in [1.29, 1.82) is 0 Å². The van der Waals surface area contributed by atoms with E-state index in [-0.39, 0.29) is 23.9 Å². The smallest absolute Gasteiger partial charge is 0.280 e. The number of pyridine rings is 1. The molecule has 2 saturated heterocycles. The van der Waals surface area contributed by atoms with E-state index in [2.05, 4.69) is 15.2 Å². The Bertz CT molecular complexity index is 1130. The van der Waals surface area contributed by atoms with Crippen LogP contribution < -0.4 is 5.32 Å². The minimum Gasteiger partial charge on any atom is -0.459 e. The lowest BCUT2D eigenvalue weighted by atomic mass is 10.0. The molecular weight excluding hydrogens is 428 g/mol. The molecular formula is C23H22N4O4S. The lowest BCUT2D eigenvalue weighted by Gasteiger charge is -2.28. The molecule has 0 unspecified atom stereocenters. The second-order valence-corrected chi connectivity index (χ2v) is 8.28. The summed E-state index contributed by atoms with van der Waals surface area (Å²) in [6.45, 7) is 1.40. The largest absolute Gasteiger partial charge is 0.459 e. The van der Waals surface area contributed by atoms with Crippen LogP contribution in [0.2, 0.25) is 0 Å². The molecule has 0 amide bonds. The fraction of sp³-hybridized carbons (Fsp3) is 0.304. The predicted molar refractivity (Wildman–Crippen MR) is 122 cm³/mol. The van der Waals surface area contributed by atoms with Gasteiger partial charge in [0.15, 0.2) is 5.11 Å². The van der Waals surface area contributed by atoms with Gasteiger partial charge in [-0.05, 0) is 55.4 Å². The van der Waals surface area contributed by atoms with Crippen LogP contribution in [0, 0.1) is 10.1 Å². The van der Waals surface area contributed by atoms with Crippen LogP contribution in [0.15, 0.2) is 65.2 Å². The quantitative estimate of drug-likeness (QED) is 0.336. The molecule has 8 nitrogen and oxygen atoms in total. The monoisotopic (exact) mass is 450 g/mol. The number of para-hydroxylation sites is 1. The van der Waals surface area contributed by atoms with Gasteiger partial charge >= 0.3 is 0 Å². The van der Waals surface area contributed by atoms with Crippen LogP contribution in [0.1, 0.15) is 36.4 Å². The third-order valence-electron chi connectivity index (χ3n) is 5.91. The summed E-state index contributed by atoms with van der Waals surface area (Å²) in [4.78, 5) is 17.7. The van der Waals surface area contributed by atoms with Crippen molar-refractivity contribution in [2.45, 2.75) is 31.0 Å². The molecule has 3 aromatic rings. The fourth-order valence-electron chi connectivity index (χ4n) is 4.42. The Morgan fingerprint density at radius 3 is 2.78 bits per heavy atom. The van der Waals surface area contributed by atoms with Crippen molar-refractivity contribution in [2.75, 3.05) is 13.2 Å². The summed E-state index contributed by atoms with van der Waals surface area (Å²) in [6, 6.07) is 15.5. The molecule has 5 rings (SSSR count). The molecule has 9 heteroatoms. The number of benzene rings is 1. The number of furan rings is 1. The van der Waals surface area contributed by atoms with Gasteiger partial charge in [0, 0.05) is 25.4 Å². The number of nitro groups is 1. The summed E-state index contributed by atoms with van der Waals surface area (Å²) in [5.74, 6) is 1.11. The Hall–Kier alpha value is -3.30. The Morgan fingerprint density at radius 1 is 1.19 bits per heavy atom. The van der Waals surface area contributed by atoms with E-state index in [4.69, 9.17) is 21.4 Å². The highest BCUT2D eigenvalue weighted by Crippen LogP contribution is 2.42. The van der Waals surface area contributed by atoms with Crippen molar-refractivity contribution in [3.63, 3.8) is 0 Å². The first kappa shape index (κ1) is 20.6. The normalized spacial score (nSPS) is 22.8. The summed E-state index contributed by atoms with van der Waals surface area (Å²) < 4.78 is 12.1. The van der Waals surface area contributed by atoms with E-state index in [0.717, 1.165) is 25.1 Å². The minimum atomic E-state index is -0.399. The molecule has 0 bridgehead atoms. The maximum atomic E-state index is 11.5. The highest BCUT2D eigenvalue weighted by atomic mass is 32.1. The summed E-state index contributed by atoms with van der Waals surface area (Å²) in [7, 11) is 0. The Morgan fingerprint density at radius 2 is 2.03 bits per heavy atom. The average Bonchev–Trinajstić information content (AvgIpc) is 3.56. The van der Waals surface area contributed by atoms with Gasteiger partial charge in [0.05, 0.1) is 28.3 Å². The Labute approximate surface area is 190 Å². The topological polar surface area (TPSA) is 93.7 Å². The van der Waals surface area contributed by atoms with Crippen molar-refractivity contribution < 1.29 is 14.1 Å². The molecule has 2 aliphatic rings. The van der Waals surface area contributed by atoms with Crippen molar-refractivity contribution in [3.05, 3.63) is 82.4 Å². The van der Waals surface area contributed by atoms with Crippen LogP contribution in [0.5, 0.6) is 0 Å². The maximum Gasteiger partial charge on any atom is 0.280 e. The molecule has 2 aromatic heterocycles. The number of nitrogens with one attached hydrogen (secondary N) is 1. The minimum absolute atomic E-state index is 0.00551. The van der Waals surface area contributed by atoms with E-state index in [1.165, 1.54) is 6.07 Å². The van der Waals surface area contributed by atoms with Gasteiger partial charge in [-0.3, -0.25) is 15.1 Å². The fourth-order valence-corrected chi connectivity index (χ4v) is 4.73. The first-order chi connectivity index (χ1) is 15.6. The molecule has 0 saturated carbocycles. The van der Waals surface area contributed by atoms with Gasteiger partial charge < -0.3 is 19.4 Å². The number of hydrogen-bond acceptors (Lipinski definition) is 6. The van der Waals surface area contributed by atoms with Gasteiger partial charge in [0.1, 0.15) is 17.6 Å². The van der Waals surface area contributed by atoms with Gasteiger partial charge in [-0.15, -0.1) is 0 Å². The third kappa shape index (κ3) is 3.85. The van der Waals surface area contributed by atoms with Crippen molar-refractivity contribution >= 4 is 23.0 Å². The second kappa shape index (κ2) is 8.68. The van der Waals surface area contributed by atoms with E-state index in [9.17, 15) is 10.1 Å². The van der Waals surface area contributed by atoms with Crippen molar-refractivity contribution in [1.82, 2.24) is 15.2 Å². The van der Waals surface area contributed by atoms with E-state index < -0.39 is 4.92 Å². The average molecular weight is 451 g/mol. The van der Waals surface area contributed by atoms with Crippen LogP contribution in [0.4, 0.5) is 5.69 Å². The van der Waals surface area contributed by atoms with E-state index in [1.807, 2.05) is 24.3 Å². The lowest BCUT2D eigenvalue weighted by molar-refractivity contribution is -0.384. The van der Waals surface area contributed by atoms with Gasteiger partial charge in [0.2, 0.25) is 0 Å².